The van der Waals surface area contributed by atoms with Crippen molar-refractivity contribution in [3.05, 3.63) is 48.3 Å². The van der Waals surface area contributed by atoms with Crippen LogP contribution in [0.2, 0.25) is 0 Å². The lowest BCUT2D eigenvalue weighted by Crippen LogP contribution is -2.48. The fourth-order valence-corrected chi connectivity index (χ4v) is 3.36. The minimum absolute atomic E-state index is 0.213. The van der Waals surface area contributed by atoms with Crippen molar-refractivity contribution < 1.29 is 23.5 Å². The highest BCUT2D eigenvalue weighted by atomic mass is 19.1. The minimum atomic E-state index is -0.462. The first kappa shape index (κ1) is 23.1. The molecule has 0 radical (unpaired) electrons. The number of aromatic nitrogens is 4. The van der Waals surface area contributed by atoms with Crippen LogP contribution in [0.25, 0.3) is 11.4 Å². The third-order valence-corrected chi connectivity index (χ3v) is 4.79. The first-order valence-electron chi connectivity index (χ1n) is 10.7. The Morgan fingerprint density at radius 1 is 1.09 bits per heavy atom. The number of rotatable bonds is 6. The van der Waals surface area contributed by atoms with Crippen LogP contribution in [0.1, 0.15) is 20.8 Å². The third-order valence-electron chi connectivity index (χ3n) is 4.79. The molecule has 1 aliphatic rings. The summed E-state index contributed by atoms with van der Waals surface area (Å²) in [6.45, 7) is 5.94. The lowest BCUT2D eigenvalue weighted by atomic mass is 10.1. The number of carbonyl (C=O) groups is 2. The summed E-state index contributed by atoms with van der Waals surface area (Å²) in [5, 5.41) is 14.9. The van der Waals surface area contributed by atoms with Crippen molar-refractivity contribution in [2.24, 2.45) is 0 Å². The Bertz CT molecular complexity index is 1190. The highest BCUT2D eigenvalue weighted by Gasteiger charge is 2.25. The number of carbonyl (C=O) groups excluding carboxylic acids is 2. The molecule has 11 heteroatoms. The molecule has 34 heavy (non-hydrogen) atoms. The van der Waals surface area contributed by atoms with E-state index in [2.05, 4.69) is 20.7 Å². The lowest BCUT2D eigenvalue weighted by Gasteiger charge is -2.27. The molecule has 0 spiro atoms. The molecule has 178 valence electrons. The van der Waals surface area contributed by atoms with Crippen molar-refractivity contribution in [3.8, 4) is 22.9 Å². The van der Waals surface area contributed by atoms with Crippen molar-refractivity contribution in [2.75, 3.05) is 24.7 Å². The Morgan fingerprint density at radius 2 is 1.79 bits per heavy atom. The number of benzene rings is 2. The molecule has 3 aromatic rings. The summed E-state index contributed by atoms with van der Waals surface area (Å²) in [7, 11) is 0. The van der Waals surface area contributed by atoms with Gasteiger partial charge < -0.3 is 19.7 Å². The molecule has 0 saturated heterocycles. The van der Waals surface area contributed by atoms with Crippen LogP contribution in [0.15, 0.2) is 42.5 Å². The van der Waals surface area contributed by atoms with Gasteiger partial charge in [0.2, 0.25) is 11.7 Å². The van der Waals surface area contributed by atoms with Gasteiger partial charge in [-0.3, -0.25) is 9.59 Å². The molecule has 1 N–H and O–H groups in total. The number of hydrogen-bond acceptors (Lipinski definition) is 7. The average molecular weight is 468 g/mol. The molecule has 2 heterocycles. The Kier molecular flexibility index (Phi) is 6.44. The van der Waals surface area contributed by atoms with Gasteiger partial charge in [0, 0.05) is 22.9 Å². The van der Waals surface area contributed by atoms with Crippen LogP contribution in [0.3, 0.4) is 0 Å². The van der Waals surface area contributed by atoms with Gasteiger partial charge in [-0.25, -0.2) is 4.39 Å². The highest BCUT2D eigenvalue weighted by Crippen LogP contribution is 2.34. The Balaban J connectivity index is 1.56. The zero-order chi connectivity index (χ0) is 24.3. The van der Waals surface area contributed by atoms with Crippen LogP contribution >= 0.6 is 0 Å². The van der Waals surface area contributed by atoms with Crippen molar-refractivity contribution in [1.82, 2.24) is 25.5 Å². The number of nitrogens with zero attached hydrogens (tertiary/aromatic N) is 5. The van der Waals surface area contributed by atoms with E-state index in [-0.39, 0.29) is 30.6 Å². The van der Waals surface area contributed by atoms with Crippen molar-refractivity contribution in [3.63, 3.8) is 0 Å². The maximum atomic E-state index is 13.3. The zero-order valence-corrected chi connectivity index (χ0v) is 19.1. The summed E-state index contributed by atoms with van der Waals surface area (Å²) in [6.07, 6.45) is 0. The number of fused-ring (bicyclic) bond motifs is 1. The van der Waals surface area contributed by atoms with E-state index >= 15 is 0 Å². The van der Waals surface area contributed by atoms with Crippen molar-refractivity contribution in [2.45, 2.75) is 32.9 Å². The van der Waals surface area contributed by atoms with Gasteiger partial charge in [-0.15, -0.1) is 10.2 Å². The van der Waals surface area contributed by atoms with Crippen LogP contribution in [-0.4, -0.2) is 57.3 Å². The lowest BCUT2D eigenvalue weighted by molar-refractivity contribution is -0.125. The van der Waals surface area contributed by atoms with Gasteiger partial charge in [-0.1, -0.05) is 0 Å². The number of nitrogens with one attached hydrogen (secondary N) is 1. The Hall–Kier alpha value is -4.02. The highest BCUT2D eigenvalue weighted by molar-refractivity contribution is 5.99. The fraction of sp³-hybridized carbons (Fsp3) is 0.348. The summed E-state index contributed by atoms with van der Waals surface area (Å²) in [6, 6.07) is 10.7. The Morgan fingerprint density at radius 3 is 2.50 bits per heavy atom. The van der Waals surface area contributed by atoms with Crippen LogP contribution in [0.5, 0.6) is 11.5 Å². The number of hydrogen-bond donors (Lipinski definition) is 1. The first-order valence-corrected chi connectivity index (χ1v) is 10.7. The number of anilines is 1. The van der Waals surface area contributed by atoms with E-state index < -0.39 is 11.4 Å². The number of halogens is 1. The molecule has 0 unspecified atom stereocenters. The molecule has 4 rings (SSSR count). The zero-order valence-electron chi connectivity index (χ0n) is 19.1. The summed E-state index contributed by atoms with van der Waals surface area (Å²) >= 11 is 0. The van der Waals surface area contributed by atoms with Gasteiger partial charge in [0.1, 0.15) is 32.1 Å². The molecule has 0 atom stereocenters. The van der Waals surface area contributed by atoms with Crippen LogP contribution in [0, 0.1) is 5.82 Å². The molecular weight excluding hydrogens is 443 g/mol. The van der Waals surface area contributed by atoms with Gasteiger partial charge >= 0.3 is 0 Å². The maximum Gasteiger partial charge on any atom is 0.251 e. The van der Waals surface area contributed by atoms with Crippen LogP contribution < -0.4 is 19.7 Å². The smallest absolute Gasteiger partial charge is 0.251 e. The monoisotopic (exact) mass is 468 g/mol. The summed E-state index contributed by atoms with van der Waals surface area (Å²) in [5.74, 6) is 0.191. The fourth-order valence-electron chi connectivity index (χ4n) is 3.36. The van der Waals surface area contributed by atoms with Crippen molar-refractivity contribution >= 4 is 17.5 Å². The van der Waals surface area contributed by atoms with Crippen LogP contribution in [0.4, 0.5) is 10.1 Å². The second-order valence-electron chi connectivity index (χ2n) is 8.76. The quantitative estimate of drug-likeness (QED) is 0.590. The largest absolute Gasteiger partial charge is 0.486 e. The number of tetrazole rings is 1. The maximum absolute atomic E-state index is 13.3. The van der Waals surface area contributed by atoms with E-state index in [1.807, 2.05) is 20.8 Å². The van der Waals surface area contributed by atoms with Gasteiger partial charge in [-0.05, 0) is 62.4 Å². The van der Waals surface area contributed by atoms with E-state index in [1.165, 1.54) is 29.2 Å². The normalized spacial score (nSPS) is 12.8. The van der Waals surface area contributed by atoms with Gasteiger partial charge in [0.05, 0.1) is 0 Å². The second-order valence-corrected chi connectivity index (χ2v) is 8.76. The van der Waals surface area contributed by atoms with E-state index in [0.717, 1.165) is 4.80 Å². The molecule has 0 fully saturated rings. The summed E-state index contributed by atoms with van der Waals surface area (Å²) < 4.78 is 24.4. The second kappa shape index (κ2) is 9.46. The molecule has 0 bridgehead atoms. The van der Waals surface area contributed by atoms with E-state index in [9.17, 15) is 14.0 Å². The van der Waals surface area contributed by atoms with Gasteiger partial charge in [0.25, 0.3) is 5.91 Å². The average Bonchev–Trinajstić information content (AvgIpc) is 3.24. The first-order chi connectivity index (χ1) is 16.2. The molecule has 1 aliphatic heterocycles. The number of ether oxygens (including phenoxy) is 2. The standard InChI is InChI=1S/C23H25FN6O4/c1-23(2,3)25-20(31)13-29(17-8-9-18-19(12-17)34-11-10-33-18)21(32)14-30-27-22(26-28-30)15-4-6-16(24)7-5-15/h4-9,12H,10-11,13-14H2,1-3H3,(H,25,31). The molecule has 10 nitrogen and oxygen atoms in total. The molecule has 1 aromatic heterocycles. The third kappa shape index (κ3) is 5.66. The minimum Gasteiger partial charge on any atom is -0.486 e. The molecular formula is C23H25FN6O4. The Labute approximate surface area is 195 Å². The van der Waals surface area contributed by atoms with Gasteiger partial charge in [0.15, 0.2) is 11.5 Å². The van der Waals surface area contributed by atoms with Gasteiger partial charge in [-0.2, -0.15) is 4.80 Å². The van der Waals surface area contributed by atoms with E-state index in [4.69, 9.17) is 9.47 Å². The van der Waals surface area contributed by atoms with E-state index in [0.29, 0.717) is 36.0 Å². The number of amides is 2. The topological polar surface area (TPSA) is 111 Å². The molecule has 0 saturated carbocycles. The molecule has 2 aromatic carbocycles. The molecule has 2 amide bonds. The van der Waals surface area contributed by atoms with Crippen LogP contribution in [-0.2, 0) is 16.1 Å². The SMILES string of the molecule is CC(C)(C)NC(=O)CN(C(=O)Cn1nnc(-c2ccc(F)cc2)n1)c1ccc2c(c1)OCCO2. The van der Waals surface area contributed by atoms with E-state index in [1.54, 1.807) is 18.2 Å². The summed E-state index contributed by atoms with van der Waals surface area (Å²) in [4.78, 5) is 28.4. The predicted octanol–water partition coefficient (Wildman–Crippen LogP) is 2.20. The van der Waals surface area contributed by atoms with Crippen molar-refractivity contribution in [1.29, 1.82) is 0 Å². The molecule has 0 aliphatic carbocycles. The summed E-state index contributed by atoms with van der Waals surface area (Å²) in [5.41, 5.74) is 0.571. The predicted molar refractivity (Wildman–Crippen MR) is 121 cm³/mol.